The van der Waals surface area contributed by atoms with Crippen LogP contribution in [0, 0.1) is 0 Å². The van der Waals surface area contributed by atoms with E-state index in [1.54, 1.807) is 24.3 Å². The van der Waals surface area contributed by atoms with Gasteiger partial charge in [-0.2, -0.15) is 0 Å². The minimum absolute atomic E-state index is 0.268. The summed E-state index contributed by atoms with van der Waals surface area (Å²) < 4.78 is 5.14. The van der Waals surface area contributed by atoms with Gasteiger partial charge < -0.3 is 20.6 Å². The molecule has 7 heteroatoms. The van der Waals surface area contributed by atoms with E-state index >= 15 is 0 Å². The number of nitrogens with two attached hydrogens (primary N) is 1. The summed E-state index contributed by atoms with van der Waals surface area (Å²) in [6.45, 7) is 0.268. The van der Waals surface area contributed by atoms with Crippen molar-refractivity contribution in [2.45, 2.75) is 6.10 Å². The normalized spacial score (nSPS) is 12.4. The topological polar surface area (TPSA) is 110 Å². The average Bonchev–Trinajstić information content (AvgIpc) is 2.98. The molecule has 0 amide bonds. The van der Waals surface area contributed by atoms with E-state index in [1.807, 2.05) is 0 Å². The number of nitrogens with zero attached hydrogens (tertiary/aromatic N) is 3. The third-order valence-electron chi connectivity index (χ3n) is 2.85. The summed E-state index contributed by atoms with van der Waals surface area (Å²) in [5.41, 5.74) is 6.13. The van der Waals surface area contributed by atoms with Crippen molar-refractivity contribution in [2.24, 2.45) is 0 Å². The number of fused-ring (bicyclic) bond motifs is 1. The second kappa shape index (κ2) is 5.14. The van der Waals surface area contributed by atoms with Gasteiger partial charge in [-0.1, -0.05) is 0 Å². The Kier molecular flexibility index (Phi) is 3.18. The SMILES string of the molecule is Nc1ccc2c(NCC(O)c3ccco3)ncnc2n1. The molecule has 1 atom stereocenters. The first-order valence-corrected chi connectivity index (χ1v) is 6.06. The lowest BCUT2D eigenvalue weighted by Crippen LogP contribution is -2.13. The molecule has 20 heavy (non-hydrogen) atoms. The van der Waals surface area contributed by atoms with Gasteiger partial charge in [0, 0.05) is 6.54 Å². The molecule has 0 saturated heterocycles. The summed E-state index contributed by atoms with van der Waals surface area (Å²) in [6, 6.07) is 6.91. The fraction of sp³-hybridized carbons (Fsp3) is 0.154. The molecule has 1 unspecified atom stereocenters. The average molecular weight is 271 g/mol. The molecule has 0 aliphatic carbocycles. The molecule has 3 aromatic heterocycles. The van der Waals surface area contributed by atoms with Crippen molar-refractivity contribution in [3.05, 3.63) is 42.6 Å². The van der Waals surface area contributed by atoms with E-state index in [9.17, 15) is 5.11 Å². The summed E-state index contributed by atoms with van der Waals surface area (Å²) in [4.78, 5) is 12.3. The van der Waals surface area contributed by atoms with E-state index in [1.165, 1.54) is 12.6 Å². The van der Waals surface area contributed by atoms with E-state index in [-0.39, 0.29) is 6.54 Å². The van der Waals surface area contributed by atoms with E-state index in [2.05, 4.69) is 20.3 Å². The molecule has 3 heterocycles. The number of anilines is 2. The zero-order valence-corrected chi connectivity index (χ0v) is 10.5. The molecule has 3 rings (SSSR count). The second-order valence-electron chi connectivity index (χ2n) is 4.24. The Morgan fingerprint density at radius 1 is 1.30 bits per heavy atom. The Morgan fingerprint density at radius 3 is 3.00 bits per heavy atom. The molecule has 0 saturated carbocycles. The lowest BCUT2D eigenvalue weighted by atomic mass is 10.2. The summed E-state index contributed by atoms with van der Waals surface area (Å²) >= 11 is 0. The van der Waals surface area contributed by atoms with Gasteiger partial charge in [0.1, 0.15) is 29.8 Å². The zero-order valence-electron chi connectivity index (χ0n) is 10.5. The number of rotatable bonds is 4. The first-order valence-electron chi connectivity index (χ1n) is 6.06. The van der Waals surface area contributed by atoms with Gasteiger partial charge in [0.05, 0.1) is 11.6 Å². The van der Waals surface area contributed by atoms with Crippen LogP contribution in [-0.2, 0) is 0 Å². The number of pyridine rings is 1. The van der Waals surface area contributed by atoms with Crippen LogP contribution in [0.1, 0.15) is 11.9 Å². The summed E-state index contributed by atoms with van der Waals surface area (Å²) in [5.74, 6) is 1.49. The highest BCUT2D eigenvalue weighted by atomic mass is 16.4. The van der Waals surface area contributed by atoms with Crippen molar-refractivity contribution in [3.8, 4) is 0 Å². The number of hydrogen-bond donors (Lipinski definition) is 3. The van der Waals surface area contributed by atoms with Crippen LogP contribution in [0.15, 0.2) is 41.3 Å². The third kappa shape index (κ3) is 2.39. The molecule has 7 nitrogen and oxygen atoms in total. The van der Waals surface area contributed by atoms with Crippen molar-refractivity contribution in [1.82, 2.24) is 15.0 Å². The van der Waals surface area contributed by atoms with Gasteiger partial charge in [-0.15, -0.1) is 0 Å². The maximum Gasteiger partial charge on any atom is 0.166 e. The minimum atomic E-state index is -0.753. The number of furan rings is 1. The van der Waals surface area contributed by atoms with Crippen LogP contribution >= 0.6 is 0 Å². The monoisotopic (exact) mass is 271 g/mol. The van der Waals surface area contributed by atoms with Gasteiger partial charge in [-0.25, -0.2) is 15.0 Å². The second-order valence-corrected chi connectivity index (χ2v) is 4.24. The van der Waals surface area contributed by atoms with Gasteiger partial charge in [-0.05, 0) is 24.3 Å². The molecule has 4 N–H and O–H groups in total. The van der Waals surface area contributed by atoms with E-state index in [0.717, 1.165) is 5.39 Å². The fourth-order valence-corrected chi connectivity index (χ4v) is 1.87. The van der Waals surface area contributed by atoms with Crippen LogP contribution in [0.4, 0.5) is 11.6 Å². The van der Waals surface area contributed by atoms with Crippen LogP contribution in [0.5, 0.6) is 0 Å². The maximum absolute atomic E-state index is 9.95. The van der Waals surface area contributed by atoms with Crippen molar-refractivity contribution in [3.63, 3.8) is 0 Å². The Hall–Kier alpha value is -2.67. The van der Waals surface area contributed by atoms with Crippen molar-refractivity contribution < 1.29 is 9.52 Å². The van der Waals surface area contributed by atoms with E-state index < -0.39 is 6.10 Å². The summed E-state index contributed by atoms with van der Waals surface area (Å²) in [5, 5.41) is 13.7. The number of aliphatic hydroxyl groups excluding tert-OH is 1. The van der Waals surface area contributed by atoms with Crippen molar-refractivity contribution in [1.29, 1.82) is 0 Å². The van der Waals surface area contributed by atoms with Crippen LogP contribution < -0.4 is 11.1 Å². The fourth-order valence-electron chi connectivity index (χ4n) is 1.87. The lowest BCUT2D eigenvalue weighted by Gasteiger charge is -2.11. The van der Waals surface area contributed by atoms with Crippen molar-refractivity contribution in [2.75, 3.05) is 17.6 Å². The Morgan fingerprint density at radius 2 is 2.20 bits per heavy atom. The Balaban J connectivity index is 1.81. The molecule has 0 aromatic carbocycles. The van der Waals surface area contributed by atoms with Gasteiger partial charge in [0.2, 0.25) is 0 Å². The standard InChI is InChI=1S/C13H13N5O2/c14-11-4-3-8-12(16-7-17-13(8)18-11)15-6-9(19)10-2-1-5-20-10/h1-5,7,9,19H,6H2,(H3,14,15,16,17,18). The van der Waals surface area contributed by atoms with Crippen molar-refractivity contribution >= 4 is 22.7 Å². The number of nitrogen functional groups attached to an aromatic ring is 1. The smallest absolute Gasteiger partial charge is 0.166 e. The highest BCUT2D eigenvalue weighted by molar-refractivity contribution is 5.87. The predicted octanol–water partition coefficient (Wildman–Crippen LogP) is 1.35. The van der Waals surface area contributed by atoms with Crippen LogP contribution in [0.2, 0.25) is 0 Å². The summed E-state index contributed by atoms with van der Waals surface area (Å²) in [6.07, 6.45) is 2.17. The first-order chi connectivity index (χ1) is 9.74. The summed E-state index contributed by atoms with van der Waals surface area (Å²) in [7, 11) is 0. The number of aliphatic hydroxyl groups is 1. The third-order valence-corrected chi connectivity index (χ3v) is 2.85. The van der Waals surface area contributed by atoms with Gasteiger partial charge in [-0.3, -0.25) is 0 Å². The predicted molar refractivity (Wildman–Crippen MR) is 73.9 cm³/mol. The molecule has 3 aromatic rings. The maximum atomic E-state index is 9.95. The minimum Gasteiger partial charge on any atom is -0.467 e. The van der Waals surface area contributed by atoms with Crippen LogP contribution in [0.3, 0.4) is 0 Å². The van der Waals surface area contributed by atoms with Crippen LogP contribution in [-0.4, -0.2) is 26.6 Å². The van der Waals surface area contributed by atoms with Gasteiger partial charge in [0.15, 0.2) is 5.65 Å². The molecular formula is C13H13N5O2. The quantitative estimate of drug-likeness (QED) is 0.656. The molecule has 0 aliphatic rings. The Bertz CT molecular complexity index is 714. The van der Waals surface area contributed by atoms with E-state index in [4.69, 9.17) is 10.2 Å². The first kappa shape index (κ1) is 12.4. The van der Waals surface area contributed by atoms with Gasteiger partial charge in [0.25, 0.3) is 0 Å². The molecular weight excluding hydrogens is 258 g/mol. The highest BCUT2D eigenvalue weighted by Crippen LogP contribution is 2.20. The zero-order chi connectivity index (χ0) is 13.9. The number of nitrogens with one attached hydrogen (secondary N) is 1. The molecule has 0 aliphatic heterocycles. The number of aromatic nitrogens is 3. The number of hydrogen-bond acceptors (Lipinski definition) is 7. The lowest BCUT2D eigenvalue weighted by molar-refractivity contribution is 0.162. The molecule has 0 spiro atoms. The highest BCUT2D eigenvalue weighted by Gasteiger charge is 2.11. The molecule has 0 bridgehead atoms. The largest absolute Gasteiger partial charge is 0.467 e. The van der Waals surface area contributed by atoms with Gasteiger partial charge >= 0.3 is 0 Å². The molecule has 0 fully saturated rings. The van der Waals surface area contributed by atoms with Crippen LogP contribution in [0.25, 0.3) is 11.0 Å². The van der Waals surface area contributed by atoms with E-state index in [0.29, 0.717) is 23.0 Å². The molecule has 0 radical (unpaired) electrons. The Labute approximate surface area is 114 Å². The molecule has 102 valence electrons.